The molecule has 1 N–H and O–H groups in total. The molecule has 0 heterocycles. The molecule has 0 bridgehead atoms. The quantitative estimate of drug-likeness (QED) is 0.808. The van der Waals surface area contributed by atoms with Crippen LogP contribution in [0.2, 0.25) is 0 Å². The smallest absolute Gasteiger partial charge is 0.234 e. The fourth-order valence-electron chi connectivity index (χ4n) is 2.58. The van der Waals surface area contributed by atoms with Crippen LogP contribution in [0, 0.1) is 0 Å². The summed E-state index contributed by atoms with van der Waals surface area (Å²) in [4.78, 5) is 14.2. The van der Waals surface area contributed by atoms with Crippen molar-refractivity contribution >= 4 is 5.91 Å². The monoisotopic (exact) mass is 326 g/mol. The maximum Gasteiger partial charge on any atom is 0.234 e. The van der Waals surface area contributed by atoms with E-state index in [0.717, 1.165) is 23.4 Å². The van der Waals surface area contributed by atoms with Crippen molar-refractivity contribution in [3.8, 4) is 5.75 Å². The summed E-state index contributed by atoms with van der Waals surface area (Å²) >= 11 is 0. The van der Waals surface area contributed by atoms with Gasteiger partial charge in [0.2, 0.25) is 5.91 Å². The van der Waals surface area contributed by atoms with Gasteiger partial charge in [-0.15, -0.1) is 0 Å². The van der Waals surface area contributed by atoms with E-state index in [1.54, 1.807) is 0 Å². The molecule has 1 amide bonds. The standard InChI is InChI=1S/C20H26N2O2/c1-4-24-19-12-10-17(11-13-19)14-22(3)15-20(23)21-16(2)18-8-6-5-7-9-18/h5-13,16H,4,14-15H2,1-3H3,(H,21,23)/t16-/m1/s1. The average molecular weight is 326 g/mol. The fraction of sp³-hybridized carbons (Fsp3) is 0.350. The van der Waals surface area contributed by atoms with Crippen molar-refractivity contribution in [2.45, 2.75) is 26.4 Å². The first kappa shape index (κ1) is 18.0. The molecule has 0 saturated carbocycles. The van der Waals surface area contributed by atoms with Crippen LogP contribution in [0.1, 0.15) is 31.0 Å². The Hall–Kier alpha value is -2.33. The zero-order valence-electron chi connectivity index (χ0n) is 14.7. The Bertz CT molecular complexity index is 626. The molecule has 2 aromatic carbocycles. The van der Waals surface area contributed by atoms with Gasteiger partial charge >= 0.3 is 0 Å². The molecule has 24 heavy (non-hydrogen) atoms. The minimum Gasteiger partial charge on any atom is -0.494 e. The van der Waals surface area contributed by atoms with Gasteiger partial charge in [-0.05, 0) is 44.2 Å². The number of hydrogen-bond acceptors (Lipinski definition) is 3. The molecule has 0 unspecified atom stereocenters. The number of nitrogens with one attached hydrogen (secondary N) is 1. The van der Waals surface area contributed by atoms with E-state index in [4.69, 9.17) is 4.74 Å². The fourth-order valence-corrected chi connectivity index (χ4v) is 2.58. The Kier molecular flexibility index (Phi) is 6.82. The lowest BCUT2D eigenvalue weighted by molar-refractivity contribution is -0.122. The van der Waals surface area contributed by atoms with Crippen LogP contribution in [0.3, 0.4) is 0 Å². The summed E-state index contributed by atoms with van der Waals surface area (Å²) in [6.45, 7) is 5.72. The lowest BCUT2D eigenvalue weighted by atomic mass is 10.1. The highest BCUT2D eigenvalue weighted by Gasteiger charge is 2.11. The van der Waals surface area contributed by atoms with E-state index in [0.29, 0.717) is 13.2 Å². The van der Waals surface area contributed by atoms with Gasteiger partial charge in [0.25, 0.3) is 0 Å². The molecule has 0 spiro atoms. The number of rotatable bonds is 8. The molecule has 0 radical (unpaired) electrons. The number of carbonyl (C=O) groups is 1. The molecular weight excluding hydrogens is 300 g/mol. The van der Waals surface area contributed by atoms with Gasteiger partial charge in [0.05, 0.1) is 19.2 Å². The summed E-state index contributed by atoms with van der Waals surface area (Å²) in [6, 6.07) is 18.0. The van der Waals surface area contributed by atoms with Gasteiger partial charge in [-0.25, -0.2) is 0 Å². The van der Waals surface area contributed by atoms with Gasteiger partial charge in [-0.2, -0.15) is 0 Å². The van der Waals surface area contributed by atoms with Gasteiger partial charge in [0.1, 0.15) is 5.75 Å². The topological polar surface area (TPSA) is 41.6 Å². The molecule has 2 aromatic rings. The third-order valence-corrected chi connectivity index (χ3v) is 3.78. The van der Waals surface area contributed by atoms with Gasteiger partial charge in [0, 0.05) is 6.54 Å². The highest BCUT2D eigenvalue weighted by atomic mass is 16.5. The van der Waals surface area contributed by atoms with E-state index in [1.165, 1.54) is 0 Å². The van der Waals surface area contributed by atoms with Crippen LogP contribution >= 0.6 is 0 Å². The molecule has 0 aliphatic heterocycles. The van der Waals surface area contributed by atoms with Gasteiger partial charge in [-0.3, -0.25) is 9.69 Å². The summed E-state index contributed by atoms with van der Waals surface area (Å²) in [5, 5.41) is 3.04. The molecule has 0 aliphatic carbocycles. The second-order valence-corrected chi connectivity index (χ2v) is 5.95. The van der Waals surface area contributed by atoms with E-state index in [-0.39, 0.29) is 11.9 Å². The van der Waals surface area contributed by atoms with E-state index in [2.05, 4.69) is 5.32 Å². The number of carbonyl (C=O) groups excluding carboxylic acids is 1. The van der Waals surface area contributed by atoms with Crippen molar-refractivity contribution in [1.29, 1.82) is 0 Å². The Balaban J connectivity index is 1.80. The second-order valence-electron chi connectivity index (χ2n) is 5.95. The number of nitrogens with zero attached hydrogens (tertiary/aromatic N) is 1. The SMILES string of the molecule is CCOc1ccc(CN(C)CC(=O)N[C@H](C)c2ccccc2)cc1. The number of benzene rings is 2. The van der Waals surface area contributed by atoms with Crippen molar-refractivity contribution in [1.82, 2.24) is 10.2 Å². The molecule has 4 heteroatoms. The first-order valence-corrected chi connectivity index (χ1v) is 8.33. The van der Waals surface area contributed by atoms with Gasteiger partial charge < -0.3 is 10.1 Å². The average Bonchev–Trinajstić information content (AvgIpc) is 2.57. The van der Waals surface area contributed by atoms with E-state index >= 15 is 0 Å². The Morgan fingerprint density at radius 3 is 2.42 bits per heavy atom. The second kappa shape index (κ2) is 9.08. The van der Waals surface area contributed by atoms with Crippen molar-refractivity contribution in [3.63, 3.8) is 0 Å². The molecule has 2 rings (SSSR count). The van der Waals surface area contributed by atoms with Crippen LogP contribution in [0.25, 0.3) is 0 Å². The summed E-state index contributed by atoms with van der Waals surface area (Å²) < 4.78 is 5.44. The Morgan fingerprint density at radius 1 is 1.12 bits per heavy atom. The Morgan fingerprint density at radius 2 is 1.79 bits per heavy atom. The summed E-state index contributed by atoms with van der Waals surface area (Å²) in [5.74, 6) is 0.901. The highest BCUT2D eigenvalue weighted by Crippen LogP contribution is 2.14. The van der Waals surface area contributed by atoms with Crippen LogP contribution in [-0.4, -0.2) is 31.0 Å². The number of ether oxygens (including phenoxy) is 1. The minimum atomic E-state index is 0.0116. The minimum absolute atomic E-state index is 0.0116. The van der Waals surface area contributed by atoms with Crippen molar-refractivity contribution < 1.29 is 9.53 Å². The van der Waals surface area contributed by atoms with E-state index in [9.17, 15) is 4.79 Å². The molecule has 4 nitrogen and oxygen atoms in total. The van der Waals surface area contributed by atoms with Crippen LogP contribution in [-0.2, 0) is 11.3 Å². The molecule has 128 valence electrons. The molecule has 0 aromatic heterocycles. The van der Waals surface area contributed by atoms with Crippen LogP contribution in [0.4, 0.5) is 0 Å². The summed E-state index contributed by atoms with van der Waals surface area (Å²) in [7, 11) is 1.95. The molecular formula is C20H26N2O2. The summed E-state index contributed by atoms with van der Waals surface area (Å²) in [6.07, 6.45) is 0. The maximum absolute atomic E-state index is 12.2. The zero-order valence-corrected chi connectivity index (χ0v) is 14.7. The lowest BCUT2D eigenvalue weighted by Crippen LogP contribution is -2.36. The predicted octanol–water partition coefficient (Wildman–Crippen LogP) is 3.39. The van der Waals surface area contributed by atoms with E-state index in [1.807, 2.05) is 80.4 Å². The summed E-state index contributed by atoms with van der Waals surface area (Å²) in [5.41, 5.74) is 2.27. The van der Waals surface area contributed by atoms with E-state index < -0.39 is 0 Å². The van der Waals surface area contributed by atoms with Gasteiger partial charge in [-0.1, -0.05) is 42.5 Å². The van der Waals surface area contributed by atoms with Gasteiger partial charge in [0.15, 0.2) is 0 Å². The molecule has 0 saturated heterocycles. The predicted molar refractivity (Wildman–Crippen MR) is 96.9 cm³/mol. The Labute approximate surface area is 144 Å². The van der Waals surface area contributed by atoms with Crippen LogP contribution in [0.15, 0.2) is 54.6 Å². The first-order valence-electron chi connectivity index (χ1n) is 8.33. The molecule has 1 atom stereocenters. The van der Waals surface area contributed by atoms with Crippen molar-refractivity contribution in [2.24, 2.45) is 0 Å². The molecule has 0 fully saturated rings. The first-order chi connectivity index (χ1) is 11.6. The largest absolute Gasteiger partial charge is 0.494 e. The number of amides is 1. The highest BCUT2D eigenvalue weighted by molar-refractivity contribution is 5.78. The normalized spacial score (nSPS) is 12.0. The number of likely N-dealkylation sites (N-methyl/N-ethyl adjacent to an activating group) is 1. The maximum atomic E-state index is 12.2. The van der Waals surface area contributed by atoms with Crippen LogP contribution < -0.4 is 10.1 Å². The zero-order chi connectivity index (χ0) is 17.4. The van der Waals surface area contributed by atoms with Crippen molar-refractivity contribution in [2.75, 3.05) is 20.2 Å². The number of hydrogen-bond donors (Lipinski definition) is 1. The van der Waals surface area contributed by atoms with Crippen molar-refractivity contribution in [3.05, 3.63) is 65.7 Å². The molecule has 0 aliphatic rings. The lowest BCUT2D eigenvalue weighted by Gasteiger charge is -2.19. The van der Waals surface area contributed by atoms with Crippen LogP contribution in [0.5, 0.6) is 5.75 Å². The third-order valence-electron chi connectivity index (χ3n) is 3.78. The third kappa shape index (κ3) is 5.70.